The molecule has 224 valence electrons. The highest BCUT2D eigenvalue weighted by molar-refractivity contribution is 5.67. The summed E-state index contributed by atoms with van der Waals surface area (Å²) in [6.45, 7) is 0. The molecule has 10 heteroatoms. The van der Waals surface area contributed by atoms with E-state index >= 15 is 0 Å². The van der Waals surface area contributed by atoms with Crippen LogP contribution in [-0.2, 0) is 0 Å². The molecule has 0 spiro atoms. The summed E-state index contributed by atoms with van der Waals surface area (Å²) in [5, 5.41) is 17.5. The van der Waals surface area contributed by atoms with Crippen molar-refractivity contribution in [2.45, 2.75) is 152 Å². The average molecular weight is 573 g/mol. The summed E-state index contributed by atoms with van der Waals surface area (Å²) in [5.74, 6) is 5.27. The van der Waals surface area contributed by atoms with Crippen LogP contribution in [0.25, 0.3) is 23.0 Å². The molecule has 4 saturated carbocycles. The maximum Gasteiger partial charge on any atom is 0.296 e. The molecule has 0 unspecified atom stereocenters. The van der Waals surface area contributed by atoms with Crippen molar-refractivity contribution < 1.29 is 9.53 Å². The topological polar surface area (TPSA) is 130 Å². The molecule has 4 aliphatic carbocycles. The van der Waals surface area contributed by atoms with Crippen molar-refractivity contribution >= 4 is 0 Å². The van der Waals surface area contributed by atoms with E-state index in [9.17, 15) is 5.21 Å². The van der Waals surface area contributed by atoms with Gasteiger partial charge >= 0.3 is 0 Å². The lowest BCUT2D eigenvalue weighted by Crippen LogP contribution is -2.27. The first-order chi connectivity index (χ1) is 20.7. The average Bonchev–Trinajstić information content (AvgIpc) is 3.47. The van der Waals surface area contributed by atoms with Crippen LogP contribution in [0.15, 0.2) is 4.63 Å². The molecule has 7 rings (SSSR count). The first kappa shape index (κ1) is 27.8. The maximum absolute atomic E-state index is 13.3. The summed E-state index contributed by atoms with van der Waals surface area (Å²) in [5.41, 5.74) is 0.513. The standard InChI is InChI=1S/C32H44N8O2/c41-40-26(32-37-29(23-17-9-3-10-18-23)34-30(38-32)24-19-11-4-12-20-24)25(39-42-40)31-35-27(21-13-5-1-6-14-21)33-28(36-31)22-15-7-2-8-16-22/h21-24H,1-20H2. The molecule has 0 bridgehead atoms. The molecule has 4 fully saturated rings. The molecule has 0 aliphatic heterocycles. The van der Waals surface area contributed by atoms with E-state index in [0.29, 0.717) is 45.9 Å². The first-order valence-electron chi connectivity index (χ1n) is 16.8. The van der Waals surface area contributed by atoms with E-state index in [4.69, 9.17) is 34.5 Å². The molecule has 0 saturated heterocycles. The van der Waals surface area contributed by atoms with Crippen molar-refractivity contribution in [1.29, 1.82) is 0 Å². The van der Waals surface area contributed by atoms with Gasteiger partial charge in [0.25, 0.3) is 11.4 Å². The molecule has 3 aromatic rings. The molecule has 10 nitrogen and oxygen atoms in total. The molecule has 0 amide bonds. The van der Waals surface area contributed by atoms with E-state index in [-0.39, 0.29) is 5.69 Å². The second-order valence-electron chi connectivity index (χ2n) is 13.2. The van der Waals surface area contributed by atoms with Crippen LogP contribution in [-0.4, -0.2) is 35.1 Å². The third-order valence-corrected chi connectivity index (χ3v) is 10.3. The predicted molar refractivity (Wildman–Crippen MR) is 156 cm³/mol. The molecule has 4 aliphatic rings. The Kier molecular flexibility index (Phi) is 8.38. The Morgan fingerprint density at radius 3 is 1.14 bits per heavy atom. The maximum atomic E-state index is 13.3. The molecule has 3 heterocycles. The van der Waals surface area contributed by atoms with Crippen molar-refractivity contribution in [3.8, 4) is 23.0 Å². The number of aromatic nitrogens is 8. The minimum Gasteiger partial charge on any atom is -0.359 e. The Labute approximate surface area is 248 Å². The van der Waals surface area contributed by atoms with Gasteiger partial charge in [-0.25, -0.2) is 29.9 Å². The van der Waals surface area contributed by atoms with Gasteiger partial charge in [0.15, 0.2) is 0 Å². The van der Waals surface area contributed by atoms with E-state index in [1.165, 1.54) is 77.0 Å². The van der Waals surface area contributed by atoms with Crippen LogP contribution in [0.1, 0.15) is 175 Å². The van der Waals surface area contributed by atoms with Gasteiger partial charge in [0, 0.05) is 23.7 Å². The van der Waals surface area contributed by atoms with E-state index in [2.05, 4.69) is 5.16 Å². The largest absolute Gasteiger partial charge is 0.359 e. The first-order valence-corrected chi connectivity index (χ1v) is 16.8. The van der Waals surface area contributed by atoms with Crippen molar-refractivity contribution in [2.24, 2.45) is 0 Å². The van der Waals surface area contributed by atoms with Crippen molar-refractivity contribution in [3.05, 3.63) is 28.5 Å². The van der Waals surface area contributed by atoms with Crippen LogP contribution in [0.3, 0.4) is 0 Å². The van der Waals surface area contributed by atoms with Gasteiger partial charge in [0.1, 0.15) is 23.3 Å². The smallest absolute Gasteiger partial charge is 0.296 e. The Morgan fingerprint density at radius 1 is 0.452 bits per heavy atom. The van der Waals surface area contributed by atoms with Crippen LogP contribution in [0.5, 0.6) is 0 Å². The third-order valence-electron chi connectivity index (χ3n) is 10.3. The molecule has 3 aromatic heterocycles. The summed E-state index contributed by atoms with van der Waals surface area (Å²) in [6, 6.07) is 0. The van der Waals surface area contributed by atoms with Gasteiger partial charge in [0.05, 0.1) is 5.16 Å². The minimum absolute atomic E-state index is 0.196. The molecule has 42 heavy (non-hydrogen) atoms. The van der Waals surface area contributed by atoms with Gasteiger partial charge in [0.2, 0.25) is 11.6 Å². The monoisotopic (exact) mass is 572 g/mol. The Morgan fingerprint density at radius 2 is 0.786 bits per heavy atom. The predicted octanol–water partition coefficient (Wildman–Crippen LogP) is 7.20. The van der Waals surface area contributed by atoms with Crippen molar-refractivity contribution in [1.82, 2.24) is 35.1 Å². The number of nitrogens with zero attached hydrogens (tertiary/aromatic N) is 8. The molecular formula is C32H44N8O2. The molecular weight excluding hydrogens is 528 g/mol. The van der Waals surface area contributed by atoms with Gasteiger partial charge in [-0.15, -0.1) is 0 Å². The zero-order valence-corrected chi connectivity index (χ0v) is 24.8. The van der Waals surface area contributed by atoms with Crippen molar-refractivity contribution in [2.75, 3.05) is 0 Å². The van der Waals surface area contributed by atoms with E-state index in [0.717, 1.165) is 74.7 Å². The highest BCUT2D eigenvalue weighted by Crippen LogP contribution is 2.38. The lowest BCUT2D eigenvalue weighted by molar-refractivity contribution is -0.793. The second-order valence-corrected chi connectivity index (χ2v) is 13.2. The van der Waals surface area contributed by atoms with Gasteiger partial charge in [-0.05, 0) is 56.3 Å². The van der Waals surface area contributed by atoms with Crippen molar-refractivity contribution in [3.63, 3.8) is 0 Å². The van der Waals surface area contributed by atoms with Crippen LogP contribution < -0.4 is 4.90 Å². The van der Waals surface area contributed by atoms with E-state index < -0.39 is 0 Å². The Bertz CT molecular complexity index is 1280. The lowest BCUT2D eigenvalue weighted by atomic mass is 9.87. The highest BCUT2D eigenvalue weighted by Gasteiger charge is 2.34. The SMILES string of the molecule is [O-][n+]1onc(-c2nc(C3CCCCC3)nc(C3CCCCC3)n2)c1-c1nc(C2CCCCC2)nc(C2CCCCC2)n1. The fourth-order valence-corrected chi connectivity index (χ4v) is 7.79. The Balaban J connectivity index is 1.33. The normalized spacial score (nSPS) is 22.0. The second kappa shape index (κ2) is 12.7. The van der Waals surface area contributed by atoms with Gasteiger partial charge in [-0.1, -0.05) is 77.0 Å². The number of hydrogen-bond donors (Lipinski definition) is 0. The summed E-state index contributed by atoms with van der Waals surface area (Å²) < 4.78 is 5.26. The summed E-state index contributed by atoms with van der Waals surface area (Å²) >= 11 is 0. The summed E-state index contributed by atoms with van der Waals surface area (Å²) in [6.07, 6.45) is 23.2. The van der Waals surface area contributed by atoms with Crippen LogP contribution >= 0.6 is 0 Å². The zero-order chi connectivity index (χ0) is 28.3. The highest BCUT2D eigenvalue weighted by atomic mass is 16.8. The lowest BCUT2D eigenvalue weighted by Gasteiger charge is -2.24. The molecule has 0 aromatic carbocycles. The fraction of sp³-hybridized carbons (Fsp3) is 0.750. The quantitative estimate of drug-likeness (QED) is 0.281. The van der Waals surface area contributed by atoms with Gasteiger partial charge < -0.3 is 5.21 Å². The summed E-state index contributed by atoms with van der Waals surface area (Å²) in [4.78, 5) is 30.4. The minimum atomic E-state index is 0.196. The molecule has 0 atom stereocenters. The number of hydrogen-bond acceptors (Lipinski definition) is 9. The summed E-state index contributed by atoms with van der Waals surface area (Å²) in [7, 11) is 0. The van der Waals surface area contributed by atoms with Crippen LogP contribution in [0, 0.1) is 5.21 Å². The van der Waals surface area contributed by atoms with Crippen LogP contribution in [0.4, 0.5) is 0 Å². The zero-order valence-electron chi connectivity index (χ0n) is 24.8. The van der Waals surface area contributed by atoms with Gasteiger partial charge in [-0.2, -0.15) is 0 Å². The number of rotatable bonds is 6. The Hall–Kier alpha value is -3.04. The van der Waals surface area contributed by atoms with E-state index in [1.54, 1.807) is 0 Å². The fourth-order valence-electron chi connectivity index (χ4n) is 7.79. The molecule has 0 radical (unpaired) electrons. The third kappa shape index (κ3) is 5.91. The molecule has 0 N–H and O–H groups in total. The van der Waals surface area contributed by atoms with Gasteiger partial charge in [-0.3, -0.25) is 4.63 Å². The van der Waals surface area contributed by atoms with Crippen LogP contribution in [0.2, 0.25) is 0 Å². The van der Waals surface area contributed by atoms with E-state index in [1.807, 2.05) is 0 Å².